The van der Waals surface area contributed by atoms with Crippen molar-refractivity contribution in [2.24, 2.45) is 0 Å². The molecule has 12 heteroatoms. The highest BCUT2D eigenvalue weighted by Gasteiger charge is 2.26. The second-order valence-electron chi connectivity index (χ2n) is 6.72. The van der Waals surface area contributed by atoms with Crippen LogP contribution in [0.4, 0.5) is 23.0 Å². The summed E-state index contributed by atoms with van der Waals surface area (Å²) in [5.41, 5.74) is -1.05. The zero-order valence-corrected chi connectivity index (χ0v) is 16.6. The van der Waals surface area contributed by atoms with E-state index >= 15 is 0 Å². The minimum absolute atomic E-state index is 0.0725. The van der Waals surface area contributed by atoms with Crippen LogP contribution in [0.15, 0.2) is 24.3 Å². The predicted octanol–water partition coefficient (Wildman–Crippen LogP) is 2.00. The Morgan fingerprint density at radius 3 is 2.17 bits per heavy atom. The quantitative estimate of drug-likeness (QED) is 0.552. The molecule has 0 unspecified atom stereocenters. The smallest absolute Gasteiger partial charge is 0.277 e. The summed E-state index contributed by atoms with van der Waals surface area (Å²) in [6.07, 6.45) is 0. The zero-order chi connectivity index (χ0) is 21.8. The number of aromatic nitrogens is 2. The van der Waals surface area contributed by atoms with Crippen LogP contribution in [-0.2, 0) is 0 Å². The molecular formula is C18H21N7O5. The van der Waals surface area contributed by atoms with Crippen molar-refractivity contribution >= 4 is 28.9 Å². The molecule has 30 heavy (non-hydrogen) atoms. The summed E-state index contributed by atoms with van der Waals surface area (Å²) in [5, 5.41) is 25.3. The number of non-ortho nitro benzene ring substituents is 2. The number of carbonyl (C=O) groups is 1. The van der Waals surface area contributed by atoms with Crippen LogP contribution in [0, 0.1) is 27.2 Å². The first kappa shape index (κ1) is 20.9. The summed E-state index contributed by atoms with van der Waals surface area (Å²) < 4.78 is 0. The molecule has 1 fully saturated rings. The van der Waals surface area contributed by atoms with Gasteiger partial charge in [0.1, 0.15) is 17.5 Å². The van der Waals surface area contributed by atoms with E-state index in [1.54, 1.807) is 6.92 Å². The average molecular weight is 415 g/mol. The summed E-state index contributed by atoms with van der Waals surface area (Å²) in [5.74, 6) is 1.62. The van der Waals surface area contributed by atoms with E-state index in [9.17, 15) is 25.0 Å². The maximum absolute atomic E-state index is 12.8. The lowest BCUT2D eigenvalue weighted by molar-refractivity contribution is -0.394. The van der Waals surface area contributed by atoms with E-state index in [1.165, 1.54) is 4.90 Å². The molecule has 0 aliphatic carbocycles. The highest BCUT2D eigenvalue weighted by Crippen LogP contribution is 2.24. The van der Waals surface area contributed by atoms with Gasteiger partial charge in [0.25, 0.3) is 17.3 Å². The van der Waals surface area contributed by atoms with E-state index < -0.39 is 27.1 Å². The lowest BCUT2D eigenvalue weighted by atomic mass is 10.1. The number of amides is 1. The van der Waals surface area contributed by atoms with E-state index in [-0.39, 0.29) is 5.56 Å². The number of anilines is 2. The molecule has 0 radical (unpaired) electrons. The molecule has 0 bridgehead atoms. The first-order chi connectivity index (χ1) is 14.3. The number of benzene rings is 1. The van der Waals surface area contributed by atoms with Crippen molar-refractivity contribution in [3.8, 4) is 0 Å². The van der Waals surface area contributed by atoms with Crippen LogP contribution in [0.2, 0.25) is 0 Å². The fourth-order valence-electron chi connectivity index (χ4n) is 3.24. The van der Waals surface area contributed by atoms with Gasteiger partial charge in [-0.25, -0.2) is 9.97 Å². The van der Waals surface area contributed by atoms with E-state index in [1.807, 2.05) is 17.9 Å². The molecule has 1 aliphatic heterocycles. The van der Waals surface area contributed by atoms with Gasteiger partial charge in [0, 0.05) is 50.9 Å². The lowest BCUT2D eigenvalue weighted by Crippen LogP contribution is -2.49. The normalized spacial score (nSPS) is 13.8. The second kappa shape index (κ2) is 8.68. The largest absolute Gasteiger partial charge is 0.370 e. The fourth-order valence-corrected chi connectivity index (χ4v) is 3.24. The Kier molecular flexibility index (Phi) is 6.04. The predicted molar refractivity (Wildman–Crippen MR) is 109 cm³/mol. The molecular weight excluding hydrogens is 394 g/mol. The molecule has 1 amide bonds. The molecule has 3 rings (SSSR count). The first-order valence-corrected chi connectivity index (χ1v) is 9.36. The van der Waals surface area contributed by atoms with Gasteiger partial charge in [-0.2, -0.15) is 0 Å². The Hall–Kier alpha value is -3.83. The van der Waals surface area contributed by atoms with Crippen molar-refractivity contribution < 1.29 is 14.6 Å². The Bertz CT molecular complexity index is 957. The Morgan fingerprint density at radius 2 is 1.63 bits per heavy atom. The zero-order valence-electron chi connectivity index (χ0n) is 16.6. The molecule has 2 heterocycles. The van der Waals surface area contributed by atoms with Crippen LogP contribution >= 0.6 is 0 Å². The Morgan fingerprint density at radius 1 is 1.03 bits per heavy atom. The highest BCUT2D eigenvalue weighted by atomic mass is 16.6. The third-order valence-corrected chi connectivity index (χ3v) is 4.64. The van der Waals surface area contributed by atoms with Gasteiger partial charge in [0.2, 0.25) is 0 Å². The van der Waals surface area contributed by atoms with E-state index in [0.717, 1.165) is 36.4 Å². The van der Waals surface area contributed by atoms with Gasteiger partial charge < -0.3 is 15.1 Å². The van der Waals surface area contributed by atoms with Crippen molar-refractivity contribution in [2.45, 2.75) is 13.8 Å². The standard InChI is InChI=1S/C18H21N7O5/c1-3-19-16-11-17(21-12(2)20-16)22-4-6-23(7-5-22)18(26)13-8-14(24(27)28)10-15(9-13)25(29)30/h8-11H,3-7H2,1-2H3,(H,19,20,21). The first-order valence-electron chi connectivity index (χ1n) is 9.36. The number of hydrogen-bond acceptors (Lipinski definition) is 9. The number of piperazine rings is 1. The summed E-state index contributed by atoms with van der Waals surface area (Å²) in [6, 6.07) is 4.82. The minimum atomic E-state index is -0.749. The van der Waals surface area contributed by atoms with Crippen molar-refractivity contribution in [1.82, 2.24) is 14.9 Å². The molecule has 1 aromatic carbocycles. The molecule has 1 aliphatic rings. The van der Waals surface area contributed by atoms with Crippen LogP contribution < -0.4 is 10.2 Å². The lowest BCUT2D eigenvalue weighted by Gasteiger charge is -2.35. The SMILES string of the molecule is CCNc1cc(N2CCN(C(=O)c3cc([N+](=O)[O-])cc([N+](=O)[O-])c3)CC2)nc(C)n1. The third-order valence-electron chi connectivity index (χ3n) is 4.64. The van der Waals surface area contributed by atoms with Gasteiger partial charge in [-0.05, 0) is 13.8 Å². The topological polar surface area (TPSA) is 148 Å². The minimum Gasteiger partial charge on any atom is -0.370 e. The average Bonchev–Trinajstić information content (AvgIpc) is 2.72. The van der Waals surface area contributed by atoms with Crippen molar-refractivity contribution in [3.05, 3.63) is 55.9 Å². The van der Waals surface area contributed by atoms with Gasteiger partial charge in [0.15, 0.2) is 0 Å². The van der Waals surface area contributed by atoms with Crippen LogP contribution in [-0.4, -0.2) is 63.3 Å². The number of carbonyl (C=O) groups excluding carboxylic acids is 1. The molecule has 2 aromatic rings. The maximum Gasteiger partial charge on any atom is 0.277 e. The van der Waals surface area contributed by atoms with Gasteiger partial charge in [-0.15, -0.1) is 0 Å². The monoisotopic (exact) mass is 415 g/mol. The summed E-state index contributed by atoms with van der Waals surface area (Å²) in [6.45, 7) is 6.23. The number of aryl methyl sites for hydroxylation is 1. The molecule has 12 nitrogen and oxygen atoms in total. The van der Waals surface area contributed by atoms with E-state index in [2.05, 4.69) is 15.3 Å². The van der Waals surface area contributed by atoms with Crippen molar-refractivity contribution in [1.29, 1.82) is 0 Å². The molecule has 1 N–H and O–H groups in total. The molecule has 1 saturated heterocycles. The molecule has 0 spiro atoms. The number of hydrogen-bond donors (Lipinski definition) is 1. The maximum atomic E-state index is 12.8. The number of rotatable bonds is 6. The number of nitro benzene ring substituents is 2. The summed E-state index contributed by atoms with van der Waals surface area (Å²) in [4.78, 5) is 45.8. The van der Waals surface area contributed by atoms with Crippen LogP contribution in [0.5, 0.6) is 0 Å². The molecule has 0 saturated carbocycles. The third kappa shape index (κ3) is 4.59. The Balaban J connectivity index is 1.74. The molecule has 0 atom stereocenters. The van der Waals surface area contributed by atoms with E-state index in [4.69, 9.17) is 0 Å². The summed E-state index contributed by atoms with van der Waals surface area (Å²) in [7, 11) is 0. The number of nitrogens with zero attached hydrogens (tertiary/aromatic N) is 6. The van der Waals surface area contributed by atoms with Crippen LogP contribution in [0.25, 0.3) is 0 Å². The van der Waals surface area contributed by atoms with Gasteiger partial charge in [-0.1, -0.05) is 0 Å². The Labute approximate surface area is 171 Å². The number of nitrogens with one attached hydrogen (secondary N) is 1. The van der Waals surface area contributed by atoms with Crippen LogP contribution in [0.3, 0.4) is 0 Å². The van der Waals surface area contributed by atoms with Gasteiger partial charge in [0.05, 0.1) is 21.5 Å². The fraction of sp³-hybridized carbons (Fsp3) is 0.389. The van der Waals surface area contributed by atoms with Crippen molar-refractivity contribution in [3.63, 3.8) is 0 Å². The van der Waals surface area contributed by atoms with Gasteiger partial charge in [-0.3, -0.25) is 25.0 Å². The van der Waals surface area contributed by atoms with Crippen LogP contribution in [0.1, 0.15) is 23.1 Å². The summed E-state index contributed by atoms with van der Waals surface area (Å²) >= 11 is 0. The molecule has 1 aromatic heterocycles. The van der Waals surface area contributed by atoms with Gasteiger partial charge >= 0.3 is 0 Å². The second-order valence-corrected chi connectivity index (χ2v) is 6.72. The molecule has 158 valence electrons. The highest BCUT2D eigenvalue weighted by molar-refractivity contribution is 5.95. The number of nitro groups is 2. The van der Waals surface area contributed by atoms with E-state index in [0.29, 0.717) is 32.0 Å². The van der Waals surface area contributed by atoms with Crippen molar-refractivity contribution in [2.75, 3.05) is 42.9 Å².